The van der Waals surface area contributed by atoms with Gasteiger partial charge in [-0.25, -0.2) is 4.98 Å². The fraction of sp³-hybridized carbons (Fsp3) is 0.385. The minimum absolute atomic E-state index is 0.139. The lowest BCUT2D eigenvalue weighted by atomic mass is 10.3. The van der Waals surface area contributed by atoms with E-state index in [1.165, 1.54) is 29.1 Å². The van der Waals surface area contributed by atoms with Crippen molar-refractivity contribution < 1.29 is 4.79 Å². The van der Waals surface area contributed by atoms with Crippen LogP contribution in [0.5, 0.6) is 0 Å². The summed E-state index contributed by atoms with van der Waals surface area (Å²) in [5.74, 6) is 0.173. The molecule has 3 rings (SSSR count). The summed E-state index contributed by atoms with van der Waals surface area (Å²) in [6.07, 6.45) is 3.18. The lowest BCUT2D eigenvalue weighted by Crippen LogP contribution is -2.25. The number of hydrogen-bond donors (Lipinski definition) is 3. The lowest BCUT2D eigenvalue weighted by Gasteiger charge is -2.02. The quantitative estimate of drug-likeness (QED) is 0.765. The number of anilines is 2. The molecule has 5 nitrogen and oxygen atoms in total. The zero-order chi connectivity index (χ0) is 13.9. The number of thiophene rings is 1. The molecule has 0 spiro atoms. The molecule has 2 heterocycles. The van der Waals surface area contributed by atoms with Gasteiger partial charge in [0.15, 0.2) is 5.13 Å². The normalized spacial score (nSPS) is 14.2. The number of nitrogens with two attached hydrogens (primary N) is 1. The highest BCUT2D eigenvalue weighted by atomic mass is 32.1. The molecular formula is C13H16N4OS2. The monoisotopic (exact) mass is 308 g/mol. The van der Waals surface area contributed by atoms with Gasteiger partial charge in [0, 0.05) is 17.5 Å². The largest absolute Gasteiger partial charge is 0.382 e. The summed E-state index contributed by atoms with van der Waals surface area (Å²) >= 11 is 3.02. The Morgan fingerprint density at radius 1 is 1.50 bits per heavy atom. The Labute approximate surface area is 125 Å². The van der Waals surface area contributed by atoms with Gasteiger partial charge in [0.05, 0.1) is 0 Å². The van der Waals surface area contributed by atoms with E-state index in [2.05, 4.69) is 21.7 Å². The van der Waals surface area contributed by atoms with Gasteiger partial charge in [0.2, 0.25) is 0 Å². The van der Waals surface area contributed by atoms with Crippen molar-refractivity contribution in [1.29, 1.82) is 0 Å². The van der Waals surface area contributed by atoms with E-state index in [1.54, 1.807) is 11.3 Å². The molecule has 0 atom stereocenters. The molecule has 1 saturated carbocycles. The fourth-order valence-corrected chi connectivity index (χ4v) is 3.38. The molecule has 2 aromatic rings. The van der Waals surface area contributed by atoms with Gasteiger partial charge in [-0.3, -0.25) is 4.79 Å². The molecule has 4 N–H and O–H groups in total. The maximum Gasteiger partial charge on any atom is 0.265 e. The van der Waals surface area contributed by atoms with Gasteiger partial charge in [-0.15, -0.1) is 11.3 Å². The number of hydrogen-bond acceptors (Lipinski definition) is 6. The molecule has 0 bridgehead atoms. The molecule has 0 unspecified atom stereocenters. The van der Waals surface area contributed by atoms with Gasteiger partial charge in [-0.1, -0.05) is 17.4 Å². The number of nitrogens with one attached hydrogen (secondary N) is 2. The van der Waals surface area contributed by atoms with E-state index in [0.717, 1.165) is 11.6 Å². The van der Waals surface area contributed by atoms with Crippen molar-refractivity contribution in [2.75, 3.05) is 17.6 Å². The zero-order valence-corrected chi connectivity index (χ0v) is 12.5. The van der Waals surface area contributed by atoms with Crippen molar-refractivity contribution in [3.63, 3.8) is 0 Å². The number of carbonyl (C=O) groups excluding carboxylic acids is 1. The molecule has 1 aliphatic carbocycles. The topological polar surface area (TPSA) is 80.0 Å². The standard InChI is InChI=1S/C13H16N4OS2/c14-11-10(20-13(17-11)16-8-3-4-8)12(18)15-6-5-9-2-1-7-19-9/h1-2,7-8H,3-6,14H2,(H,15,18)(H,16,17). The molecule has 0 radical (unpaired) electrons. The first-order valence-corrected chi connectivity index (χ1v) is 8.25. The maximum absolute atomic E-state index is 12.1. The summed E-state index contributed by atoms with van der Waals surface area (Å²) < 4.78 is 0. The van der Waals surface area contributed by atoms with Crippen LogP contribution in [0.2, 0.25) is 0 Å². The smallest absolute Gasteiger partial charge is 0.265 e. The van der Waals surface area contributed by atoms with Gasteiger partial charge in [-0.2, -0.15) is 0 Å². The number of amides is 1. The predicted molar refractivity (Wildman–Crippen MR) is 83.5 cm³/mol. The van der Waals surface area contributed by atoms with E-state index in [0.29, 0.717) is 23.3 Å². The summed E-state index contributed by atoms with van der Waals surface area (Å²) in [4.78, 5) is 18.0. The van der Waals surface area contributed by atoms with Gasteiger partial charge in [-0.05, 0) is 30.7 Å². The molecule has 0 aromatic carbocycles. The van der Waals surface area contributed by atoms with Crippen LogP contribution in [0, 0.1) is 0 Å². The second kappa shape index (κ2) is 5.80. The Bertz CT molecular complexity index is 590. The second-order valence-electron chi connectivity index (χ2n) is 4.74. The van der Waals surface area contributed by atoms with Crippen molar-refractivity contribution in [2.45, 2.75) is 25.3 Å². The summed E-state index contributed by atoms with van der Waals surface area (Å²) in [5, 5.41) is 8.93. The van der Waals surface area contributed by atoms with Crippen LogP contribution < -0.4 is 16.4 Å². The molecule has 1 aliphatic rings. The number of nitrogen functional groups attached to an aromatic ring is 1. The summed E-state index contributed by atoms with van der Waals surface area (Å²) in [5.41, 5.74) is 5.81. The zero-order valence-electron chi connectivity index (χ0n) is 10.9. The third-order valence-corrected chi connectivity index (χ3v) is 4.94. The van der Waals surface area contributed by atoms with Crippen LogP contribution in [0.1, 0.15) is 27.4 Å². The second-order valence-corrected chi connectivity index (χ2v) is 6.77. The van der Waals surface area contributed by atoms with Crippen LogP contribution in [0.3, 0.4) is 0 Å². The number of rotatable bonds is 6. The van der Waals surface area contributed by atoms with Crippen molar-refractivity contribution in [2.24, 2.45) is 0 Å². The Kier molecular flexibility index (Phi) is 3.88. The number of carbonyl (C=O) groups is 1. The number of aromatic nitrogens is 1. The predicted octanol–water partition coefficient (Wildman–Crippen LogP) is 2.33. The minimum atomic E-state index is -0.139. The minimum Gasteiger partial charge on any atom is -0.382 e. The average molecular weight is 308 g/mol. The Hall–Kier alpha value is -1.60. The molecule has 1 amide bonds. The number of nitrogens with zero attached hydrogens (tertiary/aromatic N) is 1. The summed E-state index contributed by atoms with van der Waals surface area (Å²) in [7, 11) is 0. The van der Waals surface area contributed by atoms with Crippen molar-refractivity contribution in [3.05, 3.63) is 27.3 Å². The van der Waals surface area contributed by atoms with Gasteiger partial charge in [0.1, 0.15) is 10.7 Å². The molecule has 106 valence electrons. The first-order chi connectivity index (χ1) is 9.72. The Balaban J connectivity index is 1.54. The van der Waals surface area contributed by atoms with Crippen molar-refractivity contribution >= 4 is 39.5 Å². The Morgan fingerprint density at radius 3 is 3.05 bits per heavy atom. The molecule has 1 fully saturated rings. The third-order valence-electron chi connectivity index (χ3n) is 3.00. The molecular weight excluding hydrogens is 292 g/mol. The maximum atomic E-state index is 12.1. The number of thiazole rings is 1. The first kappa shape index (κ1) is 13.4. The van der Waals surface area contributed by atoms with E-state index in [-0.39, 0.29) is 5.91 Å². The van der Waals surface area contributed by atoms with E-state index >= 15 is 0 Å². The summed E-state index contributed by atoms with van der Waals surface area (Å²) in [6, 6.07) is 4.59. The van der Waals surface area contributed by atoms with Crippen molar-refractivity contribution in [3.8, 4) is 0 Å². The van der Waals surface area contributed by atoms with Gasteiger partial charge in [0.25, 0.3) is 5.91 Å². The van der Waals surface area contributed by atoms with E-state index < -0.39 is 0 Å². The Morgan fingerprint density at radius 2 is 2.35 bits per heavy atom. The van der Waals surface area contributed by atoms with Crippen molar-refractivity contribution in [1.82, 2.24) is 10.3 Å². The van der Waals surface area contributed by atoms with Crippen LogP contribution in [-0.4, -0.2) is 23.5 Å². The van der Waals surface area contributed by atoms with Crippen LogP contribution in [0.15, 0.2) is 17.5 Å². The molecule has 20 heavy (non-hydrogen) atoms. The van der Waals surface area contributed by atoms with Gasteiger partial charge < -0.3 is 16.4 Å². The molecule has 0 aliphatic heterocycles. The summed E-state index contributed by atoms with van der Waals surface area (Å²) in [6.45, 7) is 0.613. The highest BCUT2D eigenvalue weighted by molar-refractivity contribution is 7.18. The molecule has 0 saturated heterocycles. The SMILES string of the molecule is Nc1nc(NC2CC2)sc1C(=O)NCCc1cccs1. The van der Waals surface area contributed by atoms with Crippen LogP contribution in [-0.2, 0) is 6.42 Å². The first-order valence-electron chi connectivity index (χ1n) is 6.56. The average Bonchev–Trinajstić information content (AvgIpc) is 2.94. The van der Waals surface area contributed by atoms with Crippen LogP contribution in [0.25, 0.3) is 0 Å². The highest BCUT2D eigenvalue weighted by Crippen LogP contribution is 2.30. The fourth-order valence-electron chi connectivity index (χ4n) is 1.79. The van der Waals surface area contributed by atoms with Gasteiger partial charge >= 0.3 is 0 Å². The molecule has 7 heteroatoms. The molecule has 2 aromatic heterocycles. The van der Waals surface area contributed by atoms with E-state index in [9.17, 15) is 4.79 Å². The van der Waals surface area contributed by atoms with E-state index in [1.807, 2.05) is 11.4 Å². The highest BCUT2D eigenvalue weighted by Gasteiger charge is 2.24. The van der Waals surface area contributed by atoms with Crippen LogP contribution >= 0.6 is 22.7 Å². The lowest BCUT2D eigenvalue weighted by molar-refractivity contribution is 0.0959. The third kappa shape index (κ3) is 3.29. The van der Waals surface area contributed by atoms with Crippen LogP contribution in [0.4, 0.5) is 10.9 Å². The van der Waals surface area contributed by atoms with E-state index in [4.69, 9.17) is 5.73 Å².